The van der Waals surface area contributed by atoms with Crippen molar-refractivity contribution in [2.75, 3.05) is 25.0 Å². The maximum absolute atomic E-state index is 6.06. The van der Waals surface area contributed by atoms with E-state index >= 15 is 0 Å². The molecule has 2 bridgehead atoms. The lowest BCUT2D eigenvalue weighted by atomic mass is 10.1. The van der Waals surface area contributed by atoms with Crippen LogP contribution in [0.15, 0.2) is 24.3 Å². The van der Waals surface area contributed by atoms with Gasteiger partial charge in [0.15, 0.2) is 0 Å². The van der Waals surface area contributed by atoms with Gasteiger partial charge in [-0.15, -0.1) is 11.6 Å². The van der Waals surface area contributed by atoms with Gasteiger partial charge in [0.1, 0.15) is 0 Å². The van der Waals surface area contributed by atoms with Gasteiger partial charge in [-0.2, -0.15) is 0 Å². The summed E-state index contributed by atoms with van der Waals surface area (Å²) in [7, 11) is 2.29. The van der Waals surface area contributed by atoms with Crippen LogP contribution in [0.4, 0.5) is 5.69 Å². The van der Waals surface area contributed by atoms with E-state index in [0.29, 0.717) is 5.88 Å². The van der Waals surface area contributed by atoms with E-state index in [9.17, 15) is 0 Å². The molecule has 2 nitrogen and oxygen atoms in total. The normalized spacial score (nSPS) is 28.4. The summed E-state index contributed by atoms with van der Waals surface area (Å²) in [6.45, 7) is 2.32. The highest BCUT2D eigenvalue weighted by molar-refractivity contribution is 6.17. The van der Waals surface area contributed by atoms with Gasteiger partial charge in [-0.1, -0.05) is 18.2 Å². The van der Waals surface area contributed by atoms with Crippen molar-refractivity contribution in [1.29, 1.82) is 0 Å². The first kappa shape index (κ1) is 12.3. The minimum absolute atomic E-state index is 0.608. The first-order chi connectivity index (χ1) is 8.79. The third-order valence-corrected chi connectivity index (χ3v) is 4.91. The summed E-state index contributed by atoms with van der Waals surface area (Å²) in [5.74, 6) is 0.608. The molecule has 1 aromatic carbocycles. The minimum Gasteiger partial charge on any atom is -0.370 e. The molecular weight excluding hydrogens is 244 g/mol. The molecule has 2 atom stereocenters. The van der Waals surface area contributed by atoms with E-state index in [1.165, 1.54) is 37.1 Å². The van der Waals surface area contributed by atoms with Crippen LogP contribution in [0, 0.1) is 0 Å². The van der Waals surface area contributed by atoms with Gasteiger partial charge in [0.2, 0.25) is 0 Å². The van der Waals surface area contributed by atoms with Crippen LogP contribution in [-0.4, -0.2) is 37.1 Å². The molecule has 2 heterocycles. The fraction of sp³-hybridized carbons (Fsp3) is 0.600. The molecule has 2 saturated heterocycles. The number of halogens is 1. The number of nitrogens with zero attached hydrogens (tertiary/aromatic N) is 2. The summed E-state index contributed by atoms with van der Waals surface area (Å²) in [5.41, 5.74) is 2.60. The van der Waals surface area contributed by atoms with Crippen LogP contribution in [-0.2, 0) is 5.88 Å². The van der Waals surface area contributed by atoms with Gasteiger partial charge in [-0.3, -0.25) is 4.90 Å². The van der Waals surface area contributed by atoms with E-state index in [-0.39, 0.29) is 0 Å². The molecule has 0 amide bonds. The second-order valence-corrected chi connectivity index (χ2v) is 5.81. The summed E-state index contributed by atoms with van der Waals surface area (Å²) in [6.07, 6.45) is 4.01. The molecule has 98 valence electrons. The predicted octanol–water partition coefficient (Wildman–Crippen LogP) is 3.10. The summed E-state index contributed by atoms with van der Waals surface area (Å²) in [4.78, 5) is 5.13. The van der Waals surface area contributed by atoms with Gasteiger partial charge in [-0.25, -0.2) is 0 Å². The highest BCUT2D eigenvalue weighted by Crippen LogP contribution is 2.32. The van der Waals surface area contributed by atoms with Crippen LogP contribution in [0.25, 0.3) is 0 Å². The molecule has 0 spiro atoms. The maximum Gasteiger partial charge on any atom is 0.0494 e. The van der Waals surface area contributed by atoms with Crippen LogP contribution < -0.4 is 4.90 Å². The van der Waals surface area contributed by atoms with Crippen molar-refractivity contribution < 1.29 is 0 Å². The molecule has 0 saturated carbocycles. The smallest absolute Gasteiger partial charge is 0.0494 e. The molecule has 18 heavy (non-hydrogen) atoms. The summed E-state index contributed by atoms with van der Waals surface area (Å²) in [6, 6.07) is 10.1. The SMILES string of the molecule is CN1C2CCC1CN(c1ccccc1CCl)CC2. The molecule has 3 rings (SSSR count). The van der Waals surface area contributed by atoms with Gasteiger partial charge in [0.25, 0.3) is 0 Å². The fourth-order valence-electron chi connectivity index (χ4n) is 3.46. The van der Waals surface area contributed by atoms with E-state index in [1.807, 2.05) is 0 Å². The van der Waals surface area contributed by atoms with Crippen LogP contribution in [0.5, 0.6) is 0 Å². The highest BCUT2D eigenvalue weighted by atomic mass is 35.5. The molecule has 0 aliphatic carbocycles. The predicted molar refractivity (Wildman–Crippen MR) is 77.4 cm³/mol. The Bertz CT molecular complexity index is 421. The van der Waals surface area contributed by atoms with Crippen LogP contribution in [0.3, 0.4) is 0 Å². The van der Waals surface area contributed by atoms with Crippen LogP contribution in [0.2, 0.25) is 0 Å². The number of benzene rings is 1. The molecule has 0 N–H and O–H groups in total. The lowest BCUT2D eigenvalue weighted by Crippen LogP contribution is -2.36. The van der Waals surface area contributed by atoms with Crippen molar-refractivity contribution in [3.05, 3.63) is 29.8 Å². The summed E-state index contributed by atoms with van der Waals surface area (Å²) in [5, 5.41) is 0. The van der Waals surface area contributed by atoms with Crippen molar-refractivity contribution in [2.45, 2.75) is 37.2 Å². The zero-order valence-corrected chi connectivity index (χ0v) is 11.7. The number of para-hydroxylation sites is 1. The quantitative estimate of drug-likeness (QED) is 0.758. The summed E-state index contributed by atoms with van der Waals surface area (Å²) < 4.78 is 0. The van der Waals surface area contributed by atoms with Gasteiger partial charge in [0, 0.05) is 36.7 Å². The van der Waals surface area contributed by atoms with Gasteiger partial charge >= 0.3 is 0 Å². The lowest BCUT2D eigenvalue weighted by Gasteiger charge is -2.29. The number of rotatable bonds is 2. The van der Waals surface area contributed by atoms with E-state index in [0.717, 1.165) is 18.6 Å². The van der Waals surface area contributed by atoms with E-state index in [1.54, 1.807) is 0 Å². The van der Waals surface area contributed by atoms with Gasteiger partial charge < -0.3 is 4.90 Å². The number of hydrogen-bond acceptors (Lipinski definition) is 2. The topological polar surface area (TPSA) is 6.48 Å². The van der Waals surface area contributed by atoms with Gasteiger partial charge in [0.05, 0.1) is 0 Å². The zero-order chi connectivity index (χ0) is 12.5. The van der Waals surface area contributed by atoms with Crippen molar-refractivity contribution in [2.24, 2.45) is 0 Å². The maximum atomic E-state index is 6.06. The molecule has 0 aromatic heterocycles. The molecule has 1 aromatic rings. The average molecular weight is 265 g/mol. The molecule has 3 heteroatoms. The Morgan fingerprint density at radius 1 is 1.17 bits per heavy atom. The Kier molecular flexibility index (Phi) is 3.49. The van der Waals surface area contributed by atoms with Gasteiger partial charge in [-0.05, 0) is 37.9 Å². The lowest BCUT2D eigenvalue weighted by molar-refractivity contribution is 0.254. The molecule has 0 radical (unpaired) electrons. The van der Waals surface area contributed by atoms with E-state index in [4.69, 9.17) is 11.6 Å². The van der Waals surface area contributed by atoms with E-state index < -0.39 is 0 Å². The first-order valence-corrected chi connectivity index (χ1v) is 7.44. The molecular formula is C15H21ClN2. The molecule has 2 unspecified atom stereocenters. The van der Waals surface area contributed by atoms with E-state index in [2.05, 4.69) is 41.1 Å². The highest BCUT2D eigenvalue weighted by Gasteiger charge is 2.34. The second-order valence-electron chi connectivity index (χ2n) is 5.55. The Labute approximate surface area is 115 Å². The number of alkyl halides is 1. The minimum atomic E-state index is 0.608. The number of hydrogen-bond donors (Lipinski definition) is 0. The number of anilines is 1. The Balaban J connectivity index is 1.84. The first-order valence-electron chi connectivity index (χ1n) is 6.90. The second kappa shape index (κ2) is 5.10. The fourth-order valence-corrected chi connectivity index (χ4v) is 3.69. The number of likely N-dealkylation sites (N-methyl/N-ethyl adjacent to an activating group) is 1. The van der Waals surface area contributed by atoms with Crippen molar-refractivity contribution in [1.82, 2.24) is 4.90 Å². The largest absolute Gasteiger partial charge is 0.370 e. The molecule has 2 fully saturated rings. The number of fused-ring (bicyclic) bond motifs is 2. The van der Waals surface area contributed by atoms with Crippen LogP contribution in [0.1, 0.15) is 24.8 Å². The van der Waals surface area contributed by atoms with Crippen molar-refractivity contribution in [3.63, 3.8) is 0 Å². The standard InChI is InChI=1S/C15H21ClN2/c1-17-13-6-7-14(17)11-18(9-8-13)15-5-3-2-4-12(15)10-16/h2-5,13-14H,6-11H2,1H3. The average Bonchev–Trinajstić information content (AvgIpc) is 2.63. The summed E-state index contributed by atoms with van der Waals surface area (Å²) >= 11 is 6.06. The third-order valence-electron chi connectivity index (χ3n) is 4.62. The Morgan fingerprint density at radius 2 is 1.94 bits per heavy atom. The monoisotopic (exact) mass is 264 g/mol. The van der Waals surface area contributed by atoms with Crippen molar-refractivity contribution in [3.8, 4) is 0 Å². The third kappa shape index (κ3) is 2.12. The van der Waals surface area contributed by atoms with Crippen molar-refractivity contribution >= 4 is 17.3 Å². The molecule has 2 aliphatic heterocycles. The Hall–Kier alpha value is -0.730. The Morgan fingerprint density at radius 3 is 2.78 bits per heavy atom. The zero-order valence-electron chi connectivity index (χ0n) is 11.0. The molecule has 2 aliphatic rings. The van der Waals surface area contributed by atoms with Crippen LogP contribution >= 0.6 is 11.6 Å².